The summed E-state index contributed by atoms with van der Waals surface area (Å²) in [4.78, 5) is 28.9. The average molecular weight is 394 g/mol. The van der Waals surface area contributed by atoms with Crippen molar-refractivity contribution in [3.63, 3.8) is 0 Å². The maximum atomic E-state index is 12.5. The van der Waals surface area contributed by atoms with Crippen LogP contribution >= 0.6 is 11.6 Å². The zero-order valence-corrected chi connectivity index (χ0v) is 16.4. The SMILES string of the molecule is Cc1ccc(CNC(=O)c2cncc(C(=O)Nc3ccc(C)c(Cl)c3)c2)cc1. The molecule has 5 nitrogen and oxygen atoms in total. The fourth-order valence-corrected chi connectivity index (χ4v) is 2.73. The number of anilines is 1. The number of hydrogen-bond donors (Lipinski definition) is 2. The van der Waals surface area contributed by atoms with Crippen molar-refractivity contribution in [3.8, 4) is 0 Å². The Morgan fingerprint density at radius 1 is 0.929 bits per heavy atom. The quantitative estimate of drug-likeness (QED) is 0.668. The molecule has 0 radical (unpaired) electrons. The molecule has 28 heavy (non-hydrogen) atoms. The molecule has 1 aromatic heterocycles. The molecular formula is C22H20ClN3O2. The molecule has 0 aliphatic carbocycles. The van der Waals surface area contributed by atoms with E-state index in [9.17, 15) is 9.59 Å². The monoisotopic (exact) mass is 393 g/mol. The van der Waals surface area contributed by atoms with Gasteiger partial charge in [0.1, 0.15) is 0 Å². The van der Waals surface area contributed by atoms with E-state index in [1.54, 1.807) is 12.1 Å². The lowest BCUT2D eigenvalue weighted by molar-refractivity contribution is 0.0950. The summed E-state index contributed by atoms with van der Waals surface area (Å²) in [6.45, 7) is 4.29. The van der Waals surface area contributed by atoms with Crippen LogP contribution in [0, 0.1) is 13.8 Å². The van der Waals surface area contributed by atoms with E-state index in [4.69, 9.17) is 11.6 Å². The molecule has 0 aliphatic rings. The topological polar surface area (TPSA) is 71.1 Å². The van der Waals surface area contributed by atoms with E-state index in [-0.39, 0.29) is 11.8 Å². The second kappa shape index (κ2) is 8.67. The predicted molar refractivity (Wildman–Crippen MR) is 111 cm³/mol. The van der Waals surface area contributed by atoms with Crippen molar-refractivity contribution < 1.29 is 9.59 Å². The average Bonchev–Trinajstić information content (AvgIpc) is 2.70. The highest BCUT2D eigenvalue weighted by atomic mass is 35.5. The highest BCUT2D eigenvalue weighted by molar-refractivity contribution is 6.31. The summed E-state index contributed by atoms with van der Waals surface area (Å²) < 4.78 is 0. The van der Waals surface area contributed by atoms with Gasteiger partial charge in [-0.05, 0) is 43.2 Å². The molecule has 2 N–H and O–H groups in total. The van der Waals surface area contributed by atoms with Crippen molar-refractivity contribution >= 4 is 29.1 Å². The van der Waals surface area contributed by atoms with E-state index in [1.165, 1.54) is 18.5 Å². The van der Waals surface area contributed by atoms with E-state index >= 15 is 0 Å². The number of carbonyl (C=O) groups excluding carboxylic acids is 2. The number of pyridine rings is 1. The Kier molecular flexibility index (Phi) is 6.06. The molecule has 142 valence electrons. The van der Waals surface area contributed by atoms with E-state index in [0.717, 1.165) is 16.7 Å². The number of halogens is 1. The first-order chi connectivity index (χ1) is 13.4. The van der Waals surface area contributed by atoms with Gasteiger partial charge in [0.15, 0.2) is 0 Å². The minimum absolute atomic E-state index is 0.291. The van der Waals surface area contributed by atoms with Gasteiger partial charge in [-0.15, -0.1) is 0 Å². The molecule has 0 saturated heterocycles. The summed E-state index contributed by atoms with van der Waals surface area (Å²) in [7, 11) is 0. The van der Waals surface area contributed by atoms with E-state index in [2.05, 4.69) is 15.6 Å². The molecule has 0 fully saturated rings. The Labute approximate surface area is 168 Å². The highest BCUT2D eigenvalue weighted by Gasteiger charge is 2.12. The zero-order valence-electron chi connectivity index (χ0n) is 15.6. The molecule has 3 rings (SSSR count). The summed E-state index contributed by atoms with van der Waals surface area (Å²) in [5.41, 5.74) is 4.27. The molecule has 0 aliphatic heterocycles. The van der Waals surface area contributed by atoms with Crippen LogP contribution in [0.15, 0.2) is 60.9 Å². The fourth-order valence-electron chi connectivity index (χ4n) is 2.55. The van der Waals surface area contributed by atoms with Crippen LogP contribution in [0.1, 0.15) is 37.4 Å². The first kappa shape index (κ1) is 19.6. The molecule has 3 aromatic rings. The normalized spacial score (nSPS) is 10.4. The number of carbonyl (C=O) groups is 2. The first-order valence-corrected chi connectivity index (χ1v) is 9.16. The number of nitrogens with zero attached hydrogens (tertiary/aromatic N) is 1. The Hall–Kier alpha value is -3.18. The summed E-state index contributed by atoms with van der Waals surface area (Å²) in [6.07, 6.45) is 2.85. The van der Waals surface area contributed by atoms with E-state index in [1.807, 2.05) is 44.2 Å². The summed E-state index contributed by atoms with van der Waals surface area (Å²) in [6, 6.07) is 14.7. The smallest absolute Gasteiger partial charge is 0.257 e. The number of hydrogen-bond acceptors (Lipinski definition) is 3. The Bertz CT molecular complexity index is 1020. The van der Waals surface area contributed by atoms with Gasteiger partial charge in [0.2, 0.25) is 0 Å². The Balaban J connectivity index is 1.66. The molecule has 2 amide bonds. The van der Waals surface area contributed by atoms with E-state index < -0.39 is 0 Å². The molecule has 6 heteroatoms. The lowest BCUT2D eigenvalue weighted by atomic mass is 10.1. The second-order valence-corrected chi connectivity index (χ2v) is 6.96. The summed E-state index contributed by atoms with van der Waals surface area (Å²) >= 11 is 6.09. The molecule has 0 unspecified atom stereocenters. The van der Waals surface area contributed by atoms with Crippen LogP contribution in [-0.4, -0.2) is 16.8 Å². The number of benzene rings is 2. The van der Waals surface area contributed by atoms with Crippen LogP contribution in [0.2, 0.25) is 5.02 Å². The third kappa shape index (κ3) is 4.96. The van der Waals surface area contributed by atoms with Gasteiger partial charge >= 0.3 is 0 Å². The maximum absolute atomic E-state index is 12.5. The molecular weight excluding hydrogens is 374 g/mol. The largest absolute Gasteiger partial charge is 0.348 e. The summed E-state index contributed by atoms with van der Waals surface area (Å²) in [5, 5.41) is 6.17. The van der Waals surface area contributed by atoms with Crippen molar-refractivity contribution in [2.45, 2.75) is 20.4 Å². The number of nitrogens with one attached hydrogen (secondary N) is 2. The first-order valence-electron chi connectivity index (χ1n) is 8.78. The van der Waals surface area contributed by atoms with E-state index in [0.29, 0.717) is 28.4 Å². The van der Waals surface area contributed by atoms with Crippen molar-refractivity contribution in [1.29, 1.82) is 0 Å². The van der Waals surface area contributed by atoms with Crippen LogP contribution in [0.4, 0.5) is 5.69 Å². The lowest BCUT2D eigenvalue weighted by Gasteiger charge is -2.09. The Morgan fingerprint density at radius 3 is 2.29 bits per heavy atom. The molecule has 0 atom stereocenters. The highest BCUT2D eigenvalue weighted by Crippen LogP contribution is 2.20. The van der Waals surface area contributed by atoms with Gasteiger partial charge < -0.3 is 10.6 Å². The molecule has 1 heterocycles. The molecule has 0 saturated carbocycles. The minimum Gasteiger partial charge on any atom is -0.348 e. The van der Waals surface area contributed by atoms with Gasteiger partial charge in [-0.1, -0.05) is 47.5 Å². The van der Waals surface area contributed by atoms with Gasteiger partial charge in [-0.25, -0.2) is 0 Å². The minimum atomic E-state index is -0.361. The van der Waals surface area contributed by atoms with Crippen molar-refractivity contribution in [2.75, 3.05) is 5.32 Å². The zero-order chi connectivity index (χ0) is 20.1. The van der Waals surface area contributed by atoms with Gasteiger partial charge in [0.25, 0.3) is 11.8 Å². The van der Waals surface area contributed by atoms with Crippen molar-refractivity contribution in [1.82, 2.24) is 10.3 Å². The van der Waals surface area contributed by atoms with Crippen molar-refractivity contribution in [2.24, 2.45) is 0 Å². The molecule has 0 spiro atoms. The lowest BCUT2D eigenvalue weighted by Crippen LogP contribution is -2.23. The van der Waals surface area contributed by atoms with Crippen molar-refractivity contribution in [3.05, 3.63) is 93.8 Å². The van der Waals surface area contributed by atoms with Gasteiger partial charge in [-0.3, -0.25) is 14.6 Å². The van der Waals surface area contributed by atoms with Crippen LogP contribution in [0.3, 0.4) is 0 Å². The van der Waals surface area contributed by atoms with Gasteiger partial charge in [0, 0.05) is 29.6 Å². The fraction of sp³-hybridized carbons (Fsp3) is 0.136. The third-order valence-electron chi connectivity index (χ3n) is 4.27. The van der Waals surface area contributed by atoms with Crippen LogP contribution in [0.5, 0.6) is 0 Å². The van der Waals surface area contributed by atoms with Crippen LogP contribution < -0.4 is 10.6 Å². The summed E-state index contributed by atoms with van der Waals surface area (Å²) in [5.74, 6) is -0.651. The maximum Gasteiger partial charge on any atom is 0.257 e. The van der Waals surface area contributed by atoms with Gasteiger partial charge in [0.05, 0.1) is 11.1 Å². The molecule has 2 aromatic carbocycles. The van der Waals surface area contributed by atoms with Gasteiger partial charge in [-0.2, -0.15) is 0 Å². The molecule has 0 bridgehead atoms. The standard InChI is InChI=1S/C22H20ClN3O2/c1-14-3-6-16(7-4-14)11-25-21(27)17-9-18(13-24-12-17)22(28)26-19-8-5-15(2)20(23)10-19/h3-10,12-13H,11H2,1-2H3,(H,25,27)(H,26,28). The number of amides is 2. The second-order valence-electron chi connectivity index (χ2n) is 6.55. The van der Waals surface area contributed by atoms with Crippen LogP contribution in [-0.2, 0) is 6.54 Å². The third-order valence-corrected chi connectivity index (χ3v) is 4.67. The predicted octanol–water partition coefficient (Wildman–Crippen LogP) is 4.53. The number of aryl methyl sites for hydroxylation is 2. The number of rotatable bonds is 5. The van der Waals surface area contributed by atoms with Crippen LogP contribution in [0.25, 0.3) is 0 Å². The number of aromatic nitrogens is 1. The Morgan fingerprint density at radius 2 is 1.61 bits per heavy atom.